The second kappa shape index (κ2) is 8.86. The molecule has 2 N–H and O–H groups in total. The van der Waals surface area contributed by atoms with E-state index in [1.165, 1.54) is 11.9 Å². The predicted octanol–water partition coefficient (Wildman–Crippen LogP) is 2.73. The lowest BCUT2D eigenvalue weighted by atomic mass is 10.2. The Hall–Kier alpha value is -2.83. The summed E-state index contributed by atoms with van der Waals surface area (Å²) in [6.07, 6.45) is 1.91. The molecule has 25 heavy (non-hydrogen) atoms. The van der Waals surface area contributed by atoms with Crippen LogP contribution in [0.25, 0.3) is 11.3 Å². The summed E-state index contributed by atoms with van der Waals surface area (Å²) >= 11 is 0. The van der Waals surface area contributed by atoms with Crippen molar-refractivity contribution in [2.45, 2.75) is 26.3 Å². The molecule has 0 spiro atoms. The van der Waals surface area contributed by atoms with Crippen LogP contribution in [-0.2, 0) is 9.53 Å². The maximum absolute atomic E-state index is 12.2. The number of H-pyrrole nitrogens is 1. The van der Waals surface area contributed by atoms with E-state index in [1.807, 2.05) is 37.3 Å². The van der Waals surface area contributed by atoms with Crippen molar-refractivity contribution in [1.29, 1.82) is 0 Å². The van der Waals surface area contributed by atoms with Crippen LogP contribution in [-0.4, -0.2) is 47.1 Å². The Morgan fingerprint density at radius 3 is 2.64 bits per heavy atom. The van der Waals surface area contributed by atoms with Crippen molar-refractivity contribution in [3.63, 3.8) is 0 Å². The molecular formula is C18H24N4O3. The molecule has 134 valence electrons. The monoisotopic (exact) mass is 344 g/mol. The summed E-state index contributed by atoms with van der Waals surface area (Å²) in [5, 5.41) is 2.89. The SMILES string of the molecule is CCOC(=O)N(C)CC(=O)N[C@H](CC)c1ncc(-c2ccccc2)[nH]1. The molecule has 0 saturated carbocycles. The standard InChI is InChI=1S/C18H24N4O3/c1-4-14(20-16(23)12-22(3)18(24)25-5-2)17-19-11-15(21-17)13-9-7-6-8-10-13/h6-11,14H,4-5,12H2,1-3H3,(H,19,21)(H,20,23)/t14-/m1/s1. The zero-order valence-corrected chi connectivity index (χ0v) is 14.8. The van der Waals surface area contributed by atoms with Gasteiger partial charge >= 0.3 is 6.09 Å². The Kier molecular flexibility index (Phi) is 6.56. The average molecular weight is 344 g/mol. The smallest absolute Gasteiger partial charge is 0.409 e. The number of nitrogens with one attached hydrogen (secondary N) is 2. The van der Waals surface area contributed by atoms with E-state index in [9.17, 15) is 9.59 Å². The number of carbonyl (C=O) groups is 2. The number of nitrogens with zero attached hydrogens (tertiary/aromatic N) is 2. The van der Waals surface area contributed by atoms with Gasteiger partial charge in [-0.15, -0.1) is 0 Å². The first-order chi connectivity index (χ1) is 12.0. The second-order valence-corrected chi connectivity index (χ2v) is 5.63. The molecular weight excluding hydrogens is 320 g/mol. The summed E-state index contributed by atoms with van der Waals surface area (Å²) in [7, 11) is 1.53. The molecule has 0 fully saturated rings. The first-order valence-corrected chi connectivity index (χ1v) is 8.32. The van der Waals surface area contributed by atoms with Crippen molar-refractivity contribution in [1.82, 2.24) is 20.2 Å². The first-order valence-electron chi connectivity index (χ1n) is 8.32. The van der Waals surface area contributed by atoms with E-state index in [1.54, 1.807) is 13.1 Å². The molecule has 0 radical (unpaired) electrons. The maximum Gasteiger partial charge on any atom is 0.409 e. The third kappa shape index (κ3) is 5.07. The minimum Gasteiger partial charge on any atom is -0.450 e. The number of carbonyl (C=O) groups excluding carboxylic acids is 2. The molecule has 1 heterocycles. The highest BCUT2D eigenvalue weighted by molar-refractivity contribution is 5.82. The number of aromatic amines is 1. The molecule has 0 aliphatic rings. The van der Waals surface area contributed by atoms with Crippen LogP contribution in [0, 0.1) is 0 Å². The molecule has 0 unspecified atom stereocenters. The number of aromatic nitrogens is 2. The molecule has 7 heteroatoms. The number of rotatable bonds is 7. The summed E-state index contributed by atoms with van der Waals surface area (Å²) in [6.45, 7) is 3.89. The van der Waals surface area contributed by atoms with Gasteiger partial charge in [0.2, 0.25) is 5.91 Å². The van der Waals surface area contributed by atoms with Gasteiger partial charge in [0.25, 0.3) is 0 Å². The zero-order chi connectivity index (χ0) is 18.2. The lowest BCUT2D eigenvalue weighted by molar-refractivity contribution is -0.122. The Labute approximate surface area is 147 Å². The van der Waals surface area contributed by atoms with E-state index in [4.69, 9.17) is 4.74 Å². The van der Waals surface area contributed by atoms with Crippen LogP contribution >= 0.6 is 0 Å². The summed E-state index contributed by atoms with van der Waals surface area (Å²) in [5.41, 5.74) is 1.93. The fraction of sp³-hybridized carbons (Fsp3) is 0.389. The summed E-state index contributed by atoms with van der Waals surface area (Å²) in [5.74, 6) is 0.425. The Morgan fingerprint density at radius 1 is 1.28 bits per heavy atom. The second-order valence-electron chi connectivity index (χ2n) is 5.63. The summed E-state index contributed by atoms with van der Waals surface area (Å²) in [4.78, 5) is 32.6. The molecule has 1 aromatic heterocycles. The first kappa shape index (κ1) is 18.5. The Morgan fingerprint density at radius 2 is 2.00 bits per heavy atom. The van der Waals surface area contributed by atoms with E-state index in [-0.39, 0.29) is 25.1 Å². The van der Waals surface area contributed by atoms with Crippen molar-refractivity contribution in [2.24, 2.45) is 0 Å². The number of hydrogen-bond donors (Lipinski definition) is 2. The molecule has 0 aliphatic carbocycles. The molecule has 0 saturated heterocycles. The predicted molar refractivity (Wildman–Crippen MR) is 94.9 cm³/mol. The highest BCUT2D eigenvalue weighted by Gasteiger charge is 2.19. The highest BCUT2D eigenvalue weighted by Crippen LogP contribution is 2.20. The largest absolute Gasteiger partial charge is 0.450 e. The van der Waals surface area contributed by atoms with E-state index in [0.717, 1.165) is 11.3 Å². The van der Waals surface area contributed by atoms with Crippen molar-refractivity contribution < 1.29 is 14.3 Å². The van der Waals surface area contributed by atoms with Crippen LogP contribution in [0.15, 0.2) is 36.5 Å². The fourth-order valence-electron chi connectivity index (χ4n) is 2.40. The highest BCUT2D eigenvalue weighted by atomic mass is 16.6. The van der Waals surface area contributed by atoms with E-state index >= 15 is 0 Å². The van der Waals surface area contributed by atoms with Crippen LogP contribution in [0.5, 0.6) is 0 Å². The van der Waals surface area contributed by atoms with E-state index < -0.39 is 6.09 Å². The van der Waals surface area contributed by atoms with Crippen LogP contribution in [0.3, 0.4) is 0 Å². The van der Waals surface area contributed by atoms with Gasteiger partial charge in [-0.2, -0.15) is 0 Å². The third-order valence-electron chi connectivity index (χ3n) is 3.71. The molecule has 0 aliphatic heterocycles. The number of likely N-dealkylation sites (N-methyl/N-ethyl adjacent to an activating group) is 1. The lowest BCUT2D eigenvalue weighted by Gasteiger charge is -2.19. The van der Waals surface area contributed by atoms with Gasteiger partial charge in [0, 0.05) is 7.05 Å². The van der Waals surface area contributed by atoms with Gasteiger partial charge < -0.3 is 19.9 Å². The Balaban J connectivity index is 1.99. The fourth-order valence-corrected chi connectivity index (χ4v) is 2.40. The molecule has 2 rings (SSSR count). The van der Waals surface area contributed by atoms with E-state index in [2.05, 4.69) is 15.3 Å². The van der Waals surface area contributed by atoms with Gasteiger partial charge in [0.1, 0.15) is 12.4 Å². The Bertz CT molecular complexity index is 699. The maximum atomic E-state index is 12.2. The van der Waals surface area contributed by atoms with Crippen molar-refractivity contribution >= 4 is 12.0 Å². The van der Waals surface area contributed by atoms with E-state index in [0.29, 0.717) is 12.2 Å². The lowest BCUT2D eigenvalue weighted by Crippen LogP contribution is -2.40. The quantitative estimate of drug-likeness (QED) is 0.808. The number of amides is 2. The molecule has 7 nitrogen and oxygen atoms in total. The number of benzene rings is 1. The van der Waals surface area contributed by atoms with Gasteiger partial charge in [0.05, 0.1) is 24.5 Å². The van der Waals surface area contributed by atoms with Crippen LogP contribution in [0.2, 0.25) is 0 Å². The summed E-state index contributed by atoms with van der Waals surface area (Å²) in [6, 6.07) is 9.60. The molecule has 0 bridgehead atoms. The number of hydrogen-bond acceptors (Lipinski definition) is 4. The topological polar surface area (TPSA) is 87.3 Å². The van der Waals surface area contributed by atoms with Crippen molar-refractivity contribution in [3.8, 4) is 11.3 Å². The molecule has 2 amide bonds. The van der Waals surface area contributed by atoms with Gasteiger partial charge in [-0.3, -0.25) is 4.79 Å². The van der Waals surface area contributed by atoms with Crippen LogP contribution in [0.4, 0.5) is 4.79 Å². The average Bonchev–Trinajstić information content (AvgIpc) is 3.10. The molecule has 1 atom stereocenters. The third-order valence-corrected chi connectivity index (χ3v) is 3.71. The van der Waals surface area contributed by atoms with Gasteiger partial charge in [-0.05, 0) is 18.9 Å². The van der Waals surface area contributed by atoms with Gasteiger partial charge in [0.15, 0.2) is 0 Å². The minimum atomic E-state index is -0.518. The molecule has 1 aromatic carbocycles. The van der Waals surface area contributed by atoms with Gasteiger partial charge in [-0.1, -0.05) is 37.3 Å². The number of imidazole rings is 1. The summed E-state index contributed by atoms with van der Waals surface area (Å²) < 4.78 is 4.86. The van der Waals surface area contributed by atoms with Crippen molar-refractivity contribution in [2.75, 3.05) is 20.2 Å². The van der Waals surface area contributed by atoms with Crippen LogP contribution in [0.1, 0.15) is 32.1 Å². The van der Waals surface area contributed by atoms with Crippen molar-refractivity contribution in [3.05, 3.63) is 42.4 Å². The van der Waals surface area contributed by atoms with Gasteiger partial charge in [-0.25, -0.2) is 9.78 Å². The molecule has 2 aromatic rings. The number of ether oxygens (including phenoxy) is 1. The minimum absolute atomic E-state index is 0.0679. The van der Waals surface area contributed by atoms with Crippen LogP contribution < -0.4 is 5.32 Å². The zero-order valence-electron chi connectivity index (χ0n) is 14.8. The normalized spacial score (nSPS) is 11.6.